The number of hydrogen-bond acceptors (Lipinski definition) is 5. The third kappa shape index (κ3) is 4.94. The van der Waals surface area contributed by atoms with Gasteiger partial charge in [-0.2, -0.15) is 0 Å². The molecular formula is C21H27N3O4S. The molecule has 1 aromatic heterocycles. The molecule has 7 nitrogen and oxygen atoms in total. The monoisotopic (exact) mass is 417 g/mol. The van der Waals surface area contributed by atoms with E-state index in [4.69, 9.17) is 4.74 Å². The Hall–Kier alpha value is -2.45. The predicted octanol–water partition coefficient (Wildman–Crippen LogP) is 2.54. The van der Waals surface area contributed by atoms with Crippen molar-refractivity contribution >= 4 is 15.9 Å². The van der Waals surface area contributed by atoms with Crippen LogP contribution in [0, 0.1) is 19.8 Å². The minimum Gasteiger partial charge on any atom is -0.495 e. The maximum Gasteiger partial charge on any atom is 0.253 e. The summed E-state index contributed by atoms with van der Waals surface area (Å²) in [4.78, 5) is 18.4. The summed E-state index contributed by atoms with van der Waals surface area (Å²) in [5, 5.41) is 0. The number of carbonyl (C=O) groups excluding carboxylic acids is 1. The summed E-state index contributed by atoms with van der Waals surface area (Å²) >= 11 is 0. The lowest BCUT2D eigenvalue weighted by atomic mass is 9.97. The Morgan fingerprint density at radius 3 is 2.41 bits per heavy atom. The van der Waals surface area contributed by atoms with Crippen molar-refractivity contribution in [2.75, 3.05) is 26.7 Å². The van der Waals surface area contributed by atoms with Crippen LogP contribution >= 0.6 is 0 Å². The molecular weight excluding hydrogens is 390 g/mol. The molecule has 156 valence electrons. The van der Waals surface area contributed by atoms with Crippen molar-refractivity contribution in [3.63, 3.8) is 0 Å². The number of ether oxygens (including phenoxy) is 1. The van der Waals surface area contributed by atoms with Crippen LogP contribution in [-0.2, 0) is 10.0 Å². The topological polar surface area (TPSA) is 88.6 Å². The van der Waals surface area contributed by atoms with Crippen LogP contribution in [0.2, 0.25) is 0 Å². The van der Waals surface area contributed by atoms with E-state index in [9.17, 15) is 13.2 Å². The largest absolute Gasteiger partial charge is 0.495 e. The predicted molar refractivity (Wildman–Crippen MR) is 111 cm³/mol. The maximum atomic E-state index is 12.8. The van der Waals surface area contributed by atoms with Crippen LogP contribution in [0.4, 0.5) is 0 Å². The number of pyridine rings is 1. The summed E-state index contributed by atoms with van der Waals surface area (Å²) in [6, 6.07) is 6.80. The quantitative estimate of drug-likeness (QED) is 0.780. The number of aryl methyl sites for hydroxylation is 2. The Morgan fingerprint density at radius 1 is 1.17 bits per heavy atom. The fourth-order valence-electron chi connectivity index (χ4n) is 3.46. The molecule has 0 unspecified atom stereocenters. The molecule has 1 saturated heterocycles. The number of rotatable bonds is 6. The molecule has 0 radical (unpaired) electrons. The van der Waals surface area contributed by atoms with Crippen molar-refractivity contribution in [1.29, 1.82) is 0 Å². The van der Waals surface area contributed by atoms with Gasteiger partial charge in [0, 0.05) is 37.6 Å². The van der Waals surface area contributed by atoms with E-state index in [0.717, 1.165) is 24.0 Å². The lowest BCUT2D eigenvalue weighted by Crippen LogP contribution is -2.41. The first-order valence-corrected chi connectivity index (χ1v) is 11.1. The van der Waals surface area contributed by atoms with E-state index in [2.05, 4.69) is 9.71 Å². The van der Waals surface area contributed by atoms with Gasteiger partial charge in [0.05, 0.1) is 7.11 Å². The van der Waals surface area contributed by atoms with Crippen LogP contribution in [0.5, 0.6) is 5.75 Å². The second-order valence-electron chi connectivity index (χ2n) is 7.41. The molecule has 8 heteroatoms. The molecule has 0 spiro atoms. The molecule has 1 aromatic carbocycles. The van der Waals surface area contributed by atoms with E-state index in [-0.39, 0.29) is 16.7 Å². The minimum atomic E-state index is -3.68. The SMILES string of the molecule is COc1cc(C)c(C)cc1S(=O)(=O)NCC1CCN(C(=O)c2ccncc2)CC1. The second-order valence-corrected chi connectivity index (χ2v) is 9.15. The molecule has 0 aliphatic carbocycles. The fourth-order valence-corrected chi connectivity index (χ4v) is 4.80. The summed E-state index contributed by atoms with van der Waals surface area (Å²) in [6.45, 7) is 5.36. The van der Waals surface area contributed by atoms with E-state index in [1.807, 2.05) is 18.7 Å². The first kappa shape index (κ1) is 21.3. The Labute approximate surface area is 172 Å². The summed E-state index contributed by atoms with van der Waals surface area (Å²) in [5.41, 5.74) is 2.50. The molecule has 29 heavy (non-hydrogen) atoms. The zero-order valence-electron chi connectivity index (χ0n) is 17.0. The summed E-state index contributed by atoms with van der Waals surface area (Å²) < 4.78 is 33.6. The van der Waals surface area contributed by atoms with E-state index in [1.54, 1.807) is 36.7 Å². The standard InChI is InChI=1S/C21H27N3O4S/c1-15-12-19(28-3)20(13-16(15)2)29(26,27)23-14-17-6-10-24(11-7-17)21(25)18-4-8-22-9-5-18/h4-5,8-9,12-13,17,23H,6-7,10-11,14H2,1-3H3. The average Bonchev–Trinajstić information content (AvgIpc) is 2.74. The van der Waals surface area contributed by atoms with Gasteiger partial charge in [-0.3, -0.25) is 9.78 Å². The molecule has 3 rings (SSSR count). The lowest BCUT2D eigenvalue weighted by Gasteiger charge is -2.32. The first-order valence-electron chi connectivity index (χ1n) is 9.66. The highest BCUT2D eigenvalue weighted by Crippen LogP contribution is 2.27. The zero-order valence-corrected chi connectivity index (χ0v) is 17.8. The van der Waals surface area contributed by atoms with Crippen molar-refractivity contribution in [2.24, 2.45) is 5.92 Å². The van der Waals surface area contributed by atoms with Gasteiger partial charge in [-0.1, -0.05) is 0 Å². The average molecular weight is 418 g/mol. The number of aromatic nitrogens is 1. The van der Waals surface area contributed by atoms with Crippen molar-refractivity contribution < 1.29 is 17.9 Å². The fraction of sp³-hybridized carbons (Fsp3) is 0.429. The number of nitrogens with one attached hydrogen (secondary N) is 1. The number of nitrogens with zero attached hydrogens (tertiary/aromatic N) is 2. The molecule has 0 saturated carbocycles. The van der Waals surface area contributed by atoms with Gasteiger partial charge in [0.25, 0.3) is 5.91 Å². The number of amides is 1. The molecule has 1 fully saturated rings. The van der Waals surface area contributed by atoms with Crippen LogP contribution < -0.4 is 9.46 Å². The van der Waals surface area contributed by atoms with E-state index in [1.165, 1.54) is 7.11 Å². The van der Waals surface area contributed by atoms with Crippen molar-refractivity contribution in [3.05, 3.63) is 53.3 Å². The molecule has 1 N–H and O–H groups in total. The highest BCUT2D eigenvalue weighted by atomic mass is 32.2. The number of carbonyl (C=O) groups is 1. The van der Waals surface area contributed by atoms with Crippen LogP contribution in [0.3, 0.4) is 0 Å². The van der Waals surface area contributed by atoms with Crippen LogP contribution in [0.25, 0.3) is 0 Å². The number of sulfonamides is 1. The van der Waals surface area contributed by atoms with E-state index in [0.29, 0.717) is 30.9 Å². The van der Waals surface area contributed by atoms with Gasteiger partial charge >= 0.3 is 0 Å². The van der Waals surface area contributed by atoms with E-state index < -0.39 is 10.0 Å². The van der Waals surface area contributed by atoms with Gasteiger partial charge < -0.3 is 9.64 Å². The lowest BCUT2D eigenvalue weighted by molar-refractivity contribution is 0.0692. The highest BCUT2D eigenvalue weighted by Gasteiger charge is 2.26. The summed E-state index contributed by atoms with van der Waals surface area (Å²) in [5.74, 6) is 0.522. The number of methoxy groups -OCH3 is 1. The summed E-state index contributed by atoms with van der Waals surface area (Å²) in [7, 11) is -2.21. The zero-order chi connectivity index (χ0) is 21.0. The molecule has 2 heterocycles. The van der Waals surface area contributed by atoms with Gasteiger partial charge in [0.2, 0.25) is 10.0 Å². The Bertz CT molecular complexity index is 969. The van der Waals surface area contributed by atoms with Gasteiger partial charge in [-0.15, -0.1) is 0 Å². The number of hydrogen-bond donors (Lipinski definition) is 1. The molecule has 1 aliphatic rings. The number of benzene rings is 1. The molecule has 0 bridgehead atoms. The molecule has 1 aliphatic heterocycles. The third-order valence-corrected chi connectivity index (χ3v) is 6.91. The summed E-state index contributed by atoms with van der Waals surface area (Å²) in [6.07, 6.45) is 4.72. The Morgan fingerprint density at radius 2 is 1.79 bits per heavy atom. The van der Waals surface area contributed by atoms with Crippen molar-refractivity contribution in [3.8, 4) is 5.75 Å². The third-order valence-electron chi connectivity index (χ3n) is 5.46. The van der Waals surface area contributed by atoms with Crippen LogP contribution in [-0.4, -0.2) is 51.0 Å². The smallest absolute Gasteiger partial charge is 0.253 e. The first-order chi connectivity index (χ1) is 13.8. The van der Waals surface area contributed by atoms with Crippen LogP contribution in [0.15, 0.2) is 41.6 Å². The number of likely N-dealkylation sites (tertiary alicyclic amines) is 1. The van der Waals surface area contributed by atoms with Crippen molar-refractivity contribution in [2.45, 2.75) is 31.6 Å². The van der Waals surface area contributed by atoms with Crippen molar-refractivity contribution in [1.82, 2.24) is 14.6 Å². The van der Waals surface area contributed by atoms with Gasteiger partial charge in [-0.25, -0.2) is 13.1 Å². The van der Waals surface area contributed by atoms with Gasteiger partial charge in [-0.05, 0) is 68.0 Å². The molecule has 0 atom stereocenters. The van der Waals surface area contributed by atoms with Gasteiger partial charge in [0.1, 0.15) is 10.6 Å². The number of piperidine rings is 1. The van der Waals surface area contributed by atoms with Crippen LogP contribution in [0.1, 0.15) is 34.3 Å². The Balaban J connectivity index is 1.59. The van der Waals surface area contributed by atoms with E-state index >= 15 is 0 Å². The molecule has 1 amide bonds. The van der Waals surface area contributed by atoms with Gasteiger partial charge in [0.15, 0.2) is 0 Å². The Kier molecular flexibility index (Phi) is 6.54. The highest BCUT2D eigenvalue weighted by molar-refractivity contribution is 7.89. The minimum absolute atomic E-state index is 0.00806. The normalized spacial score (nSPS) is 15.3. The maximum absolute atomic E-state index is 12.8. The molecule has 2 aromatic rings. The second kappa shape index (κ2) is 8.92.